The number of nitrogens with zero attached hydrogens (tertiary/aromatic N) is 2. The van der Waals surface area contributed by atoms with Gasteiger partial charge in [-0.1, -0.05) is 0 Å². The zero-order valence-corrected chi connectivity index (χ0v) is 9.56. The van der Waals surface area contributed by atoms with Gasteiger partial charge < -0.3 is 20.7 Å². The maximum absolute atomic E-state index is 11.9. The fourth-order valence-electron chi connectivity index (χ4n) is 1.85. The van der Waals surface area contributed by atoms with Gasteiger partial charge in [-0.15, -0.1) is 0 Å². The SMILES string of the molecule is C[C@H]1O[C@@H](n2ccnc(C(N)=O)c2=O)[C@H](O)[C@@H]1O. The number of hydrogen-bond acceptors (Lipinski definition) is 6. The normalized spacial score (nSPS) is 31.5. The molecule has 1 fully saturated rings. The summed E-state index contributed by atoms with van der Waals surface area (Å²) in [5.74, 6) is -0.963. The molecule has 1 saturated heterocycles. The number of rotatable bonds is 2. The molecule has 1 aliphatic rings. The molecule has 1 amide bonds. The molecule has 18 heavy (non-hydrogen) atoms. The van der Waals surface area contributed by atoms with Gasteiger partial charge in [0.25, 0.3) is 11.5 Å². The van der Waals surface area contributed by atoms with E-state index >= 15 is 0 Å². The van der Waals surface area contributed by atoms with Crippen molar-refractivity contribution in [3.05, 3.63) is 28.4 Å². The van der Waals surface area contributed by atoms with E-state index in [1.807, 2.05) is 0 Å². The van der Waals surface area contributed by atoms with Crippen LogP contribution in [0.2, 0.25) is 0 Å². The number of amides is 1. The van der Waals surface area contributed by atoms with Crippen LogP contribution in [0.4, 0.5) is 0 Å². The Kier molecular flexibility index (Phi) is 3.16. The van der Waals surface area contributed by atoms with Gasteiger partial charge in [-0.2, -0.15) is 0 Å². The average molecular weight is 255 g/mol. The number of ether oxygens (including phenoxy) is 1. The van der Waals surface area contributed by atoms with Crippen molar-refractivity contribution in [1.82, 2.24) is 9.55 Å². The van der Waals surface area contributed by atoms with Crippen molar-refractivity contribution < 1.29 is 19.7 Å². The molecule has 0 saturated carbocycles. The molecule has 4 N–H and O–H groups in total. The van der Waals surface area contributed by atoms with Gasteiger partial charge in [0.2, 0.25) is 0 Å². The minimum absolute atomic E-state index is 0.442. The van der Waals surface area contributed by atoms with E-state index < -0.39 is 41.7 Å². The van der Waals surface area contributed by atoms with Crippen LogP contribution in [0, 0.1) is 0 Å². The van der Waals surface area contributed by atoms with Gasteiger partial charge in [-0.3, -0.25) is 14.2 Å². The Morgan fingerprint density at radius 2 is 2.17 bits per heavy atom. The van der Waals surface area contributed by atoms with E-state index in [9.17, 15) is 19.8 Å². The molecule has 0 aliphatic carbocycles. The van der Waals surface area contributed by atoms with Crippen molar-refractivity contribution in [3.63, 3.8) is 0 Å². The first kappa shape index (κ1) is 12.7. The second-order valence-corrected chi connectivity index (χ2v) is 4.07. The maximum Gasteiger partial charge on any atom is 0.284 e. The zero-order valence-electron chi connectivity index (χ0n) is 9.56. The number of primary amides is 1. The number of nitrogens with two attached hydrogens (primary N) is 1. The molecule has 1 aromatic rings. The van der Waals surface area contributed by atoms with Crippen LogP contribution in [0.3, 0.4) is 0 Å². The predicted molar refractivity (Wildman–Crippen MR) is 58.6 cm³/mol. The highest BCUT2D eigenvalue weighted by Crippen LogP contribution is 2.27. The molecular weight excluding hydrogens is 242 g/mol. The molecule has 8 nitrogen and oxygen atoms in total. The van der Waals surface area contributed by atoms with Gasteiger partial charge >= 0.3 is 0 Å². The minimum atomic E-state index is -1.26. The zero-order chi connectivity index (χ0) is 13.4. The third kappa shape index (κ3) is 1.90. The molecule has 0 unspecified atom stereocenters. The number of aliphatic hydroxyl groups is 2. The Morgan fingerprint density at radius 1 is 1.50 bits per heavy atom. The van der Waals surface area contributed by atoms with Crippen LogP contribution in [0.1, 0.15) is 23.6 Å². The fraction of sp³-hybridized carbons (Fsp3) is 0.500. The lowest BCUT2D eigenvalue weighted by Crippen LogP contribution is -2.37. The third-order valence-corrected chi connectivity index (χ3v) is 2.85. The first-order valence-corrected chi connectivity index (χ1v) is 5.32. The highest BCUT2D eigenvalue weighted by Gasteiger charge is 2.41. The van der Waals surface area contributed by atoms with E-state index in [-0.39, 0.29) is 0 Å². The Morgan fingerprint density at radius 3 is 2.67 bits per heavy atom. The Labute approximate surface area is 102 Å². The van der Waals surface area contributed by atoms with E-state index in [0.29, 0.717) is 0 Å². The van der Waals surface area contributed by atoms with Crippen molar-refractivity contribution in [2.75, 3.05) is 0 Å². The average Bonchev–Trinajstić information content (AvgIpc) is 2.57. The molecule has 1 aromatic heterocycles. The van der Waals surface area contributed by atoms with Crippen LogP contribution >= 0.6 is 0 Å². The van der Waals surface area contributed by atoms with Gasteiger partial charge in [0.1, 0.15) is 12.2 Å². The van der Waals surface area contributed by atoms with Crippen molar-refractivity contribution >= 4 is 5.91 Å². The van der Waals surface area contributed by atoms with E-state index in [1.54, 1.807) is 6.92 Å². The van der Waals surface area contributed by atoms with Gasteiger partial charge in [0.05, 0.1) is 6.10 Å². The van der Waals surface area contributed by atoms with E-state index in [4.69, 9.17) is 10.5 Å². The second kappa shape index (κ2) is 4.48. The van der Waals surface area contributed by atoms with Gasteiger partial charge in [0, 0.05) is 12.4 Å². The molecule has 1 aliphatic heterocycles. The first-order valence-electron chi connectivity index (χ1n) is 5.32. The van der Waals surface area contributed by atoms with Crippen LogP contribution in [-0.4, -0.2) is 44.0 Å². The number of aromatic nitrogens is 2. The van der Waals surface area contributed by atoms with Crippen molar-refractivity contribution in [1.29, 1.82) is 0 Å². The summed E-state index contributed by atoms with van der Waals surface area (Å²) >= 11 is 0. The van der Waals surface area contributed by atoms with Crippen molar-refractivity contribution in [2.24, 2.45) is 5.73 Å². The number of carbonyl (C=O) groups excluding carboxylic acids is 1. The molecule has 0 spiro atoms. The largest absolute Gasteiger partial charge is 0.388 e. The fourth-order valence-corrected chi connectivity index (χ4v) is 1.85. The standard InChI is InChI=1S/C10H13N3O5/c1-4-6(14)7(15)10(18-4)13-3-2-12-5(8(11)16)9(13)17/h2-4,6-7,10,14-15H,1H3,(H2,11,16)/t4-,6-,7-,10-/m1/s1. The topological polar surface area (TPSA) is 128 Å². The lowest BCUT2D eigenvalue weighted by atomic mass is 10.1. The molecule has 2 rings (SSSR count). The molecule has 2 heterocycles. The molecular formula is C10H13N3O5. The summed E-state index contributed by atoms with van der Waals surface area (Å²) in [7, 11) is 0. The summed E-state index contributed by atoms with van der Waals surface area (Å²) in [6.45, 7) is 1.56. The summed E-state index contributed by atoms with van der Waals surface area (Å²) in [5.41, 5.74) is 3.79. The molecule has 0 bridgehead atoms. The molecule has 4 atom stereocenters. The third-order valence-electron chi connectivity index (χ3n) is 2.85. The highest BCUT2D eigenvalue weighted by atomic mass is 16.6. The van der Waals surface area contributed by atoms with E-state index in [1.165, 1.54) is 12.4 Å². The highest BCUT2D eigenvalue weighted by molar-refractivity contribution is 5.90. The Balaban J connectivity index is 2.44. The van der Waals surface area contributed by atoms with Gasteiger partial charge in [-0.05, 0) is 6.92 Å². The van der Waals surface area contributed by atoms with Gasteiger partial charge in [0.15, 0.2) is 11.9 Å². The number of hydrogen-bond donors (Lipinski definition) is 3. The Bertz CT molecular complexity index is 528. The summed E-state index contributed by atoms with van der Waals surface area (Å²) in [5, 5.41) is 19.3. The number of aliphatic hydroxyl groups excluding tert-OH is 2. The minimum Gasteiger partial charge on any atom is -0.388 e. The molecule has 8 heteroatoms. The smallest absolute Gasteiger partial charge is 0.284 e. The second-order valence-electron chi connectivity index (χ2n) is 4.07. The Hall–Kier alpha value is -1.77. The molecule has 0 radical (unpaired) electrons. The van der Waals surface area contributed by atoms with Crippen LogP contribution in [-0.2, 0) is 4.74 Å². The van der Waals surface area contributed by atoms with Crippen LogP contribution in [0.15, 0.2) is 17.2 Å². The van der Waals surface area contributed by atoms with Crippen LogP contribution in [0.5, 0.6) is 0 Å². The number of carbonyl (C=O) groups is 1. The lowest BCUT2D eigenvalue weighted by Gasteiger charge is -2.17. The van der Waals surface area contributed by atoms with E-state index in [2.05, 4.69) is 4.98 Å². The lowest BCUT2D eigenvalue weighted by molar-refractivity contribution is -0.0345. The molecule has 0 aromatic carbocycles. The summed E-state index contributed by atoms with van der Waals surface area (Å²) < 4.78 is 6.26. The van der Waals surface area contributed by atoms with Crippen molar-refractivity contribution in [2.45, 2.75) is 31.5 Å². The van der Waals surface area contributed by atoms with E-state index in [0.717, 1.165) is 4.57 Å². The molecule has 98 valence electrons. The quantitative estimate of drug-likeness (QED) is 0.559. The summed E-state index contributed by atoms with van der Waals surface area (Å²) in [4.78, 5) is 26.4. The predicted octanol–water partition coefficient (Wildman–Crippen LogP) is -2.02. The summed E-state index contributed by atoms with van der Waals surface area (Å²) in [6, 6.07) is 0. The van der Waals surface area contributed by atoms with Gasteiger partial charge in [-0.25, -0.2) is 4.98 Å². The summed E-state index contributed by atoms with van der Waals surface area (Å²) in [6.07, 6.45) is -1.60. The van der Waals surface area contributed by atoms with Crippen LogP contribution < -0.4 is 11.3 Å². The monoisotopic (exact) mass is 255 g/mol. The maximum atomic E-state index is 11.9. The van der Waals surface area contributed by atoms with Crippen molar-refractivity contribution in [3.8, 4) is 0 Å². The first-order chi connectivity index (χ1) is 8.43. The van der Waals surface area contributed by atoms with Crippen LogP contribution in [0.25, 0.3) is 0 Å².